The number of pyridine rings is 1. The molecule has 6 nitrogen and oxygen atoms in total. The number of fused-ring (bicyclic) bond motifs is 1. The van der Waals surface area contributed by atoms with E-state index in [1.165, 1.54) is 0 Å². The predicted octanol–water partition coefficient (Wildman–Crippen LogP) is 3.08. The standard InChI is InChI=1S/C18H19N4O2P/c23-12-14-1-2-15(21-5-7-22(25)8-6-21)10-17(14)24-16-9-13-3-4-19-18(13)20-11-16/h1-4,9-12H,5-8,25H2,(H,19,20). The van der Waals surface area contributed by atoms with Gasteiger partial charge in [-0.25, -0.2) is 4.98 Å². The van der Waals surface area contributed by atoms with Gasteiger partial charge in [0.2, 0.25) is 0 Å². The van der Waals surface area contributed by atoms with Crippen molar-refractivity contribution in [2.45, 2.75) is 0 Å². The summed E-state index contributed by atoms with van der Waals surface area (Å²) in [5.74, 6) is 1.17. The Bertz CT molecular complexity index is 903. The van der Waals surface area contributed by atoms with Crippen LogP contribution in [0.1, 0.15) is 10.4 Å². The number of carbonyl (C=O) groups is 1. The quantitative estimate of drug-likeness (QED) is 0.576. The molecule has 0 amide bonds. The molecule has 1 N–H and O–H groups in total. The smallest absolute Gasteiger partial charge is 0.153 e. The van der Waals surface area contributed by atoms with Crippen LogP contribution in [0.15, 0.2) is 42.7 Å². The number of rotatable bonds is 4. The summed E-state index contributed by atoms with van der Waals surface area (Å²) in [6.45, 7) is 3.87. The number of piperazine rings is 1. The van der Waals surface area contributed by atoms with E-state index in [1.54, 1.807) is 6.20 Å². The van der Waals surface area contributed by atoms with Gasteiger partial charge < -0.3 is 14.6 Å². The molecule has 0 radical (unpaired) electrons. The summed E-state index contributed by atoms with van der Waals surface area (Å²) in [5, 5.41) is 0.970. The van der Waals surface area contributed by atoms with Gasteiger partial charge in [0.15, 0.2) is 6.29 Å². The highest BCUT2D eigenvalue weighted by atomic mass is 31.0. The van der Waals surface area contributed by atoms with Crippen molar-refractivity contribution >= 4 is 32.4 Å². The van der Waals surface area contributed by atoms with Crippen LogP contribution in [0.3, 0.4) is 0 Å². The van der Waals surface area contributed by atoms with Gasteiger partial charge in [-0.1, -0.05) is 9.39 Å². The van der Waals surface area contributed by atoms with Crippen LogP contribution < -0.4 is 9.64 Å². The van der Waals surface area contributed by atoms with Crippen molar-refractivity contribution in [1.29, 1.82) is 0 Å². The van der Waals surface area contributed by atoms with E-state index in [1.807, 2.05) is 36.5 Å². The summed E-state index contributed by atoms with van der Waals surface area (Å²) in [6.07, 6.45) is 4.32. The lowest BCUT2D eigenvalue weighted by atomic mass is 10.1. The van der Waals surface area contributed by atoms with Crippen molar-refractivity contribution in [2.75, 3.05) is 31.1 Å². The van der Waals surface area contributed by atoms with Gasteiger partial charge in [-0.3, -0.25) is 9.46 Å². The van der Waals surface area contributed by atoms with Gasteiger partial charge >= 0.3 is 0 Å². The van der Waals surface area contributed by atoms with E-state index >= 15 is 0 Å². The van der Waals surface area contributed by atoms with E-state index < -0.39 is 0 Å². The first-order valence-corrected chi connectivity index (χ1v) is 8.69. The first kappa shape index (κ1) is 16.1. The fourth-order valence-corrected chi connectivity index (χ4v) is 3.22. The Hall–Kier alpha value is -2.43. The van der Waals surface area contributed by atoms with Crippen LogP contribution in [0, 0.1) is 0 Å². The molecule has 1 atom stereocenters. The number of nitrogens with one attached hydrogen (secondary N) is 1. The van der Waals surface area contributed by atoms with Crippen LogP contribution in [0.2, 0.25) is 0 Å². The molecule has 0 saturated carbocycles. The van der Waals surface area contributed by atoms with Gasteiger partial charge in [0.05, 0.1) is 11.8 Å². The van der Waals surface area contributed by atoms with E-state index in [4.69, 9.17) is 4.74 Å². The lowest BCUT2D eigenvalue weighted by Crippen LogP contribution is -2.42. The molecular formula is C18H19N4O2P. The average Bonchev–Trinajstić information content (AvgIpc) is 3.10. The topological polar surface area (TPSA) is 61.5 Å². The summed E-state index contributed by atoms with van der Waals surface area (Å²) >= 11 is 0. The SMILES string of the molecule is O=Cc1ccc(N2CCN(P)CC2)cc1Oc1cnc2[nH]ccc2c1. The molecule has 0 spiro atoms. The van der Waals surface area contributed by atoms with Crippen LogP contribution in [-0.2, 0) is 0 Å². The third-order valence-corrected chi connectivity index (χ3v) is 4.92. The van der Waals surface area contributed by atoms with E-state index in [-0.39, 0.29) is 0 Å². The van der Waals surface area contributed by atoms with Crippen molar-refractivity contribution in [3.63, 3.8) is 0 Å². The zero-order chi connectivity index (χ0) is 17.2. The highest BCUT2D eigenvalue weighted by Gasteiger charge is 2.16. The normalized spacial score (nSPS) is 15.5. The maximum Gasteiger partial charge on any atom is 0.153 e. The second-order valence-corrected chi connectivity index (χ2v) is 6.78. The second-order valence-electron chi connectivity index (χ2n) is 6.05. The number of aldehydes is 1. The Morgan fingerprint density at radius 3 is 2.80 bits per heavy atom. The minimum Gasteiger partial charge on any atom is -0.455 e. The molecule has 128 valence electrons. The number of hydrogen-bond donors (Lipinski definition) is 1. The molecule has 0 aliphatic carbocycles. The molecule has 0 bridgehead atoms. The molecule has 1 aliphatic heterocycles. The van der Waals surface area contributed by atoms with Gasteiger partial charge in [0.1, 0.15) is 17.1 Å². The predicted molar refractivity (Wildman–Crippen MR) is 101 cm³/mol. The lowest BCUT2D eigenvalue weighted by Gasteiger charge is -2.34. The molecule has 1 aliphatic rings. The molecule has 2 aromatic heterocycles. The van der Waals surface area contributed by atoms with Gasteiger partial charge in [-0.05, 0) is 24.3 Å². The van der Waals surface area contributed by atoms with Crippen molar-refractivity contribution in [3.05, 3.63) is 48.3 Å². The van der Waals surface area contributed by atoms with Crippen molar-refractivity contribution in [3.8, 4) is 11.5 Å². The van der Waals surface area contributed by atoms with E-state index in [9.17, 15) is 4.79 Å². The fourth-order valence-electron chi connectivity index (χ4n) is 2.99. The average molecular weight is 354 g/mol. The number of aromatic nitrogens is 2. The van der Waals surface area contributed by atoms with Crippen LogP contribution in [0.5, 0.6) is 11.5 Å². The largest absolute Gasteiger partial charge is 0.455 e. The Morgan fingerprint density at radius 2 is 2.00 bits per heavy atom. The van der Waals surface area contributed by atoms with Crippen molar-refractivity contribution in [2.24, 2.45) is 0 Å². The summed E-state index contributed by atoms with van der Waals surface area (Å²) in [5.41, 5.74) is 2.41. The van der Waals surface area contributed by atoms with Crippen LogP contribution in [0.25, 0.3) is 11.0 Å². The molecule has 4 rings (SSSR count). The summed E-state index contributed by atoms with van der Waals surface area (Å²) in [4.78, 5) is 21.1. The minimum atomic E-state index is 0.530. The Morgan fingerprint density at radius 1 is 1.16 bits per heavy atom. The van der Waals surface area contributed by atoms with Gasteiger partial charge in [-0.2, -0.15) is 0 Å². The highest BCUT2D eigenvalue weighted by Crippen LogP contribution is 2.30. The number of benzene rings is 1. The van der Waals surface area contributed by atoms with Crippen LogP contribution in [0.4, 0.5) is 5.69 Å². The summed E-state index contributed by atoms with van der Waals surface area (Å²) in [7, 11) is 2.74. The Labute approximate surface area is 148 Å². The molecule has 7 heteroatoms. The Balaban J connectivity index is 1.62. The minimum absolute atomic E-state index is 0.530. The van der Waals surface area contributed by atoms with Gasteiger partial charge in [0.25, 0.3) is 0 Å². The molecule has 1 aromatic carbocycles. The molecule has 1 saturated heterocycles. The van der Waals surface area contributed by atoms with Crippen molar-refractivity contribution in [1.82, 2.24) is 14.6 Å². The number of carbonyl (C=O) groups excluding carboxylic acids is 1. The molecule has 1 unspecified atom stereocenters. The zero-order valence-corrected chi connectivity index (χ0v) is 14.8. The van der Waals surface area contributed by atoms with Crippen molar-refractivity contribution < 1.29 is 9.53 Å². The highest BCUT2D eigenvalue weighted by molar-refractivity contribution is 7.13. The Kier molecular flexibility index (Phi) is 4.38. The first-order valence-electron chi connectivity index (χ1n) is 8.18. The maximum atomic E-state index is 11.4. The van der Waals surface area contributed by atoms with E-state index in [2.05, 4.69) is 28.9 Å². The molecular weight excluding hydrogens is 335 g/mol. The maximum absolute atomic E-state index is 11.4. The number of nitrogens with zero attached hydrogens (tertiary/aromatic N) is 3. The number of hydrogen-bond acceptors (Lipinski definition) is 5. The summed E-state index contributed by atoms with van der Waals surface area (Å²) in [6, 6.07) is 9.57. The number of anilines is 1. The molecule has 25 heavy (non-hydrogen) atoms. The molecule has 1 fully saturated rings. The number of ether oxygens (including phenoxy) is 1. The van der Waals surface area contributed by atoms with Gasteiger partial charge in [-0.15, -0.1) is 0 Å². The monoisotopic (exact) mass is 354 g/mol. The van der Waals surface area contributed by atoms with Crippen LogP contribution >= 0.6 is 9.39 Å². The summed E-state index contributed by atoms with van der Waals surface area (Å²) < 4.78 is 8.21. The first-order chi connectivity index (χ1) is 12.2. The third-order valence-electron chi connectivity index (χ3n) is 4.41. The lowest BCUT2D eigenvalue weighted by molar-refractivity contribution is 0.112. The van der Waals surface area contributed by atoms with Crippen LogP contribution in [-0.4, -0.2) is 47.1 Å². The second kappa shape index (κ2) is 6.82. The number of H-pyrrole nitrogens is 1. The van der Waals surface area contributed by atoms with E-state index in [0.717, 1.165) is 49.2 Å². The van der Waals surface area contributed by atoms with Gasteiger partial charge in [0, 0.05) is 49.5 Å². The third kappa shape index (κ3) is 3.36. The molecule has 3 aromatic rings. The zero-order valence-electron chi connectivity index (χ0n) is 13.7. The molecule has 3 heterocycles. The fraction of sp³-hybridized carbons (Fsp3) is 0.222. The van der Waals surface area contributed by atoms with E-state index in [0.29, 0.717) is 17.1 Å². The number of aromatic amines is 1.